The molecule has 1 fully saturated rings. The molecule has 9 heteroatoms. The molecule has 1 aromatic carbocycles. The Bertz CT molecular complexity index is 826. The first-order valence-electron chi connectivity index (χ1n) is 8.01. The standard InChI is InChI=1S/C16H18BrN5O2S/c17-11-3-1-10(2-4-11)15(24)18-8-7-14(23)19-9-13-20-21-16(25)22(13)12-5-6-12/h1-4,12H,5-9H2,(H,18,24)(H,19,23)(H,21,25). The summed E-state index contributed by atoms with van der Waals surface area (Å²) >= 11 is 8.53. The fraction of sp³-hybridized carbons (Fsp3) is 0.375. The maximum absolute atomic E-state index is 12.0. The maximum Gasteiger partial charge on any atom is 0.251 e. The molecule has 2 amide bonds. The number of rotatable bonds is 7. The van der Waals surface area contributed by atoms with E-state index < -0.39 is 0 Å². The van der Waals surface area contributed by atoms with Crippen LogP contribution in [-0.4, -0.2) is 33.1 Å². The van der Waals surface area contributed by atoms with E-state index in [9.17, 15) is 9.59 Å². The van der Waals surface area contributed by atoms with E-state index in [0.29, 0.717) is 22.9 Å². The summed E-state index contributed by atoms with van der Waals surface area (Å²) in [5, 5.41) is 12.5. The van der Waals surface area contributed by atoms with Gasteiger partial charge < -0.3 is 10.6 Å². The molecule has 0 spiro atoms. The van der Waals surface area contributed by atoms with Gasteiger partial charge in [0.1, 0.15) is 0 Å². The summed E-state index contributed by atoms with van der Waals surface area (Å²) in [5.41, 5.74) is 0.559. The van der Waals surface area contributed by atoms with Crippen molar-refractivity contribution in [2.75, 3.05) is 6.54 Å². The van der Waals surface area contributed by atoms with Gasteiger partial charge in [0.05, 0.1) is 6.54 Å². The highest BCUT2D eigenvalue weighted by Crippen LogP contribution is 2.35. The zero-order chi connectivity index (χ0) is 17.8. The van der Waals surface area contributed by atoms with Gasteiger partial charge in [0.25, 0.3) is 5.91 Å². The Morgan fingerprint density at radius 2 is 2.00 bits per heavy atom. The summed E-state index contributed by atoms with van der Waals surface area (Å²) in [4.78, 5) is 23.9. The van der Waals surface area contributed by atoms with E-state index in [1.54, 1.807) is 24.3 Å². The minimum absolute atomic E-state index is 0.146. The minimum Gasteiger partial charge on any atom is -0.352 e. The van der Waals surface area contributed by atoms with Gasteiger partial charge in [0, 0.05) is 29.0 Å². The molecule has 1 aliphatic rings. The number of amides is 2. The third-order valence-corrected chi connectivity index (χ3v) is 4.69. The van der Waals surface area contributed by atoms with E-state index >= 15 is 0 Å². The van der Waals surface area contributed by atoms with E-state index in [1.165, 1.54) is 0 Å². The number of carbonyl (C=O) groups excluding carboxylic acids is 2. The largest absolute Gasteiger partial charge is 0.352 e. The molecule has 2 aromatic rings. The van der Waals surface area contributed by atoms with Crippen molar-refractivity contribution in [2.24, 2.45) is 0 Å². The van der Waals surface area contributed by atoms with Gasteiger partial charge in [-0.2, -0.15) is 5.10 Å². The number of aromatic amines is 1. The van der Waals surface area contributed by atoms with Crippen LogP contribution in [0.4, 0.5) is 0 Å². The second-order valence-electron chi connectivity index (χ2n) is 5.84. The number of aromatic nitrogens is 3. The third-order valence-electron chi connectivity index (χ3n) is 3.88. The average Bonchev–Trinajstić information content (AvgIpc) is 3.36. The van der Waals surface area contributed by atoms with Gasteiger partial charge in [-0.3, -0.25) is 19.3 Å². The molecular weight excluding hydrogens is 406 g/mol. The molecule has 0 saturated heterocycles. The molecule has 3 N–H and O–H groups in total. The lowest BCUT2D eigenvalue weighted by Gasteiger charge is -2.08. The lowest BCUT2D eigenvalue weighted by molar-refractivity contribution is -0.121. The van der Waals surface area contributed by atoms with Crippen molar-refractivity contribution < 1.29 is 9.59 Å². The molecule has 7 nitrogen and oxygen atoms in total. The maximum atomic E-state index is 12.0. The van der Waals surface area contributed by atoms with Crippen molar-refractivity contribution in [3.05, 3.63) is 44.9 Å². The van der Waals surface area contributed by atoms with Crippen LogP contribution in [0.2, 0.25) is 0 Å². The van der Waals surface area contributed by atoms with E-state index in [2.05, 4.69) is 36.8 Å². The summed E-state index contributed by atoms with van der Waals surface area (Å²) in [5.74, 6) is 0.391. The first-order chi connectivity index (χ1) is 12.0. The highest BCUT2D eigenvalue weighted by atomic mass is 79.9. The summed E-state index contributed by atoms with van der Waals surface area (Å²) in [6.07, 6.45) is 2.39. The molecule has 25 heavy (non-hydrogen) atoms. The lowest BCUT2D eigenvalue weighted by atomic mass is 10.2. The SMILES string of the molecule is O=C(CCNC(=O)c1ccc(Br)cc1)NCc1n[nH]c(=S)n1C1CC1. The smallest absolute Gasteiger partial charge is 0.251 e. The molecule has 0 bridgehead atoms. The number of H-pyrrole nitrogens is 1. The zero-order valence-corrected chi connectivity index (χ0v) is 15.8. The Kier molecular flexibility index (Phi) is 5.64. The third kappa shape index (κ3) is 4.76. The van der Waals surface area contributed by atoms with Gasteiger partial charge in [-0.1, -0.05) is 15.9 Å². The van der Waals surface area contributed by atoms with Crippen molar-refractivity contribution in [3.8, 4) is 0 Å². The van der Waals surface area contributed by atoms with Crippen LogP contribution in [0.1, 0.15) is 41.5 Å². The number of benzene rings is 1. The van der Waals surface area contributed by atoms with Gasteiger partial charge >= 0.3 is 0 Å². The number of hydrogen-bond donors (Lipinski definition) is 3. The van der Waals surface area contributed by atoms with Crippen molar-refractivity contribution >= 4 is 40.0 Å². The first-order valence-corrected chi connectivity index (χ1v) is 9.21. The van der Waals surface area contributed by atoms with Crippen molar-refractivity contribution in [2.45, 2.75) is 31.8 Å². The number of nitrogens with one attached hydrogen (secondary N) is 3. The summed E-state index contributed by atoms with van der Waals surface area (Å²) < 4.78 is 3.46. The Hall–Kier alpha value is -2.00. The Morgan fingerprint density at radius 1 is 1.28 bits per heavy atom. The molecule has 1 aromatic heterocycles. The van der Waals surface area contributed by atoms with Gasteiger partial charge in [0.2, 0.25) is 5.91 Å². The van der Waals surface area contributed by atoms with Gasteiger partial charge in [0.15, 0.2) is 10.6 Å². The van der Waals surface area contributed by atoms with Gasteiger partial charge in [-0.15, -0.1) is 0 Å². The van der Waals surface area contributed by atoms with Crippen LogP contribution in [0.15, 0.2) is 28.7 Å². The van der Waals surface area contributed by atoms with E-state index in [4.69, 9.17) is 12.2 Å². The minimum atomic E-state index is -0.199. The zero-order valence-electron chi connectivity index (χ0n) is 13.4. The van der Waals surface area contributed by atoms with Crippen LogP contribution in [0.5, 0.6) is 0 Å². The molecule has 1 aliphatic carbocycles. The molecule has 0 aliphatic heterocycles. The van der Waals surface area contributed by atoms with Crippen molar-refractivity contribution in [1.82, 2.24) is 25.4 Å². The Balaban J connectivity index is 1.42. The number of hydrogen-bond acceptors (Lipinski definition) is 4. The summed E-state index contributed by atoms with van der Waals surface area (Å²) in [6, 6.07) is 7.45. The average molecular weight is 424 g/mol. The summed E-state index contributed by atoms with van der Waals surface area (Å²) in [6.45, 7) is 0.597. The highest BCUT2D eigenvalue weighted by Gasteiger charge is 2.27. The van der Waals surface area contributed by atoms with E-state index in [1.807, 2.05) is 4.57 Å². The number of carbonyl (C=O) groups is 2. The highest BCUT2D eigenvalue weighted by molar-refractivity contribution is 9.10. The van der Waals surface area contributed by atoms with Crippen LogP contribution in [0.25, 0.3) is 0 Å². The van der Waals surface area contributed by atoms with E-state index in [-0.39, 0.29) is 24.8 Å². The quantitative estimate of drug-likeness (QED) is 0.596. The lowest BCUT2D eigenvalue weighted by Crippen LogP contribution is -2.31. The molecule has 0 radical (unpaired) electrons. The fourth-order valence-electron chi connectivity index (χ4n) is 2.43. The second kappa shape index (κ2) is 7.92. The van der Waals surface area contributed by atoms with Crippen molar-refractivity contribution in [3.63, 3.8) is 0 Å². The molecule has 3 rings (SSSR count). The predicted molar refractivity (Wildman–Crippen MR) is 98.6 cm³/mol. The second-order valence-corrected chi connectivity index (χ2v) is 7.14. The Labute approximate surface area is 158 Å². The van der Waals surface area contributed by atoms with Crippen molar-refractivity contribution in [1.29, 1.82) is 0 Å². The van der Waals surface area contributed by atoms with Gasteiger partial charge in [-0.05, 0) is 49.3 Å². The number of nitrogens with zero attached hydrogens (tertiary/aromatic N) is 2. The molecule has 0 atom stereocenters. The van der Waals surface area contributed by atoms with Gasteiger partial charge in [-0.25, -0.2) is 0 Å². The van der Waals surface area contributed by atoms with Crippen LogP contribution in [-0.2, 0) is 11.3 Å². The van der Waals surface area contributed by atoms with Crippen LogP contribution >= 0.6 is 28.1 Å². The molecule has 132 valence electrons. The molecular formula is C16H18BrN5O2S. The predicted octanol–water partition coefficient (Wildman–Crippen LogP) is 2.47. The topological polar surface area (TPSA) is 91.8 Å². The summed E-state index contributed by atoms with van der Waals surface area (Å²) in [7, 11) is 0. The van der Waals surface area contributed by atoms with Crippen LogP contribution in [0, 0.1) is 4.77 Å². The molecule has 1 heterocycles. The van der Waals surface area contributed by atoms with E-state index in [0.717, 1.165) is 23.1 Å². The first kappa shape index (κ1) is 17.8. The fourth-order valence-corrected chi connectivity index (χ4v) is 2.99. The van der Waals surface area contributed by atoms with Crippen LogP contribution in [0.3, 0.4) is 0 Å². The molecule has 0 unspecified atom stereocenters. The number of halogens is 1. The monoisotopic (exact) mass is 423 g/mol. The van der Waals surface area contributed by atoms with Crippen LogP contribution < -0.4 is 10.6 Å². The normalized spacial score (nSPS) is 13.5. The Morgan fingerprint density at radius 3 is 2.68 bits per heavy atom. The molecule has 1 saturated carbocycles.